The third-order valence-electron chi connectivity index (χ3n) is 4.29. The number of carbonyl (C=O) groups is 2. The van der Waals surface area contributed by atoms with E-state index in [1.807, 2.05) is 0 Å². The number of rotatable bonds is 4. The first-order chi connectivity index (χ1) is 13.3. The summed E-state index contributed by atoms with van der Waals surface area (Å²) in [5.41, 5.74) is 2.38. The van der Waals surface area contributed by atoms with E-state index in [4.69, 9.17) is 0 Å². The first-order valence-corrected chi connectivity index (χ1v) is 8.59. The standard InChI is InChI=1S/C22H18F2N2O2/c1-13-11-15(23)7-9-19(13)25-21(27)17-5-3-4-6-18(17)22(28)26-20-10-8-16(24)12-14(20)2/h3-12H,1-2H3,(H,25,27)(H,26,28). The topological polar surface area (TPSA) is 58.2 Å². The monoisotopic (exact) mass is 380 g/mol. The number of amides is 2. The number of aryl methyl sites for hydroxylation is 2. The van der Waals surface area contributed by atoms with Crippen molar-refractivity contribution in [1.29, 1.82) is 0 Å². The van der Waals surface area contributed by atoms with Gasteiger partial charge in [-0.05, 0) is 73.5 Å². The van der Waals surface area contributed by atoms with Gasteiger partial charge in [0, 0.05) is 11.4 Å². The minimum atomic E-state index is -0.490. The molecule has 0 aliphatic rings. The van der Waals surface area contributed by atoms with Crippen LogP contribution < -0.4 is 10.6 Å². The summed E-state index contributed by atoms with van der Waals surface area (Å²) in [7, 11) is 0. The van der Waals surface area contributed by atoms with E-state index in [-0.39, 0.29) is 11.1 Å². The van der Waals surface area contributed by atoms with Gasteiger partial charge < -0.3 is 10.6 Å². The largest absolute Gasteiger partial charge is 0.322 e. The first kappa shape index (κ1) is 19.2. The molecule has 0 saturated carbocycles. The molecule has 0 atom stereocenters. The molecule has 0 spiro atoms. The normalized spacial score (nSPS) is 10.4. The second-order valence-corrected chi connectivity index (χ2v) is 6.37. The quantitative estimate of drug-likeness (QED) is 0.663. The Kier molecular flexibility index (Phi) is 5.49. The summed E-state index contributed by atoms with van der Waals surface area (Å²) in [6, 6.07) is 14.4. The fourth-order valence-electron chi connectivity index (χ4n) is 2.79. The average Bonchev–Trinajstić information content (AvgIpc) is 2.66. The molecule has 0 aromatic heterocycles. The zero-order chi connectivity index (χ0) is 20.3. The van der Waals surface area contributed by atoms with Crippen molar-refractivity contribution in [2.45, 2.75) is 13.8 Å². The molecule has 2 N–H and O–H groups in total. The van der Waals surface area contributed by atoms with Crippen LogP contribution in [0.5, 0.6) is 0 Å². The molecule has 0 heterocycles. The highest BCUT2D eigenvalue weighted by atomic mass is 19.1. The Morgan fingerprint density at radius 2 is 1.07 bits per heavy atom. The lowest BCUT2D eigenvalue weighted by Gasteiger charge is -2.13. The number of hydrogen-bond acceptors (Lipinski definition) is 2. The molecule has 0 radical (unpaired) electrons. The van der Waals surface area contributed by atoms with Crippen LogP contribution in [-0.2, 0) is 0 Å². The lowest BCUT2D eigenvalue weighted by Crippen LogP contribution is -2.20. The van der Waals surface area contributed by atoms with E-state index in [1.165, 1.54) is 48.5 Å². The summed E-state index contributed by atoms with van der Waals surface area (Å²) in [6.45, 7) is 3.35. The Morgan fingerprint density at radius 3 is 1.43 bits per heavy atom. The molecule has 0 unspecified atom stereocenters. The highest BCUT2D eigenvalue weighted by molar-refractivity contribution is 6.15. The van der Waals surface area contributed by atoms with Gasteiger partial charge in [-0.2, -0.15) is 0 Å². The van der Waals surface area contributed by atoms with Crippen molar-refractivity contribution in [2.24, 2.45) is 0 Å². The summed E-state index contributed by atoms with van der Waals surface area (Å²) in [6.07, 6.45) is 0. The fraction of sp³-hybridized carbons (Fsp3) is 0.0909. The molecule has 0 aliphatic heterocycles. The zero-order valence-corrected chi connectivity index (χ0v) is 15.3. The fourth-order valence-corrected chi connectivity index (χ4v) is 2.79. The molecule has 28 heavy (non-hydrogen) atoms. The summed E-state index contributed by atoms with van der Waals surface area (Å²) >= 11 is 0. The van der Waals surface area contributed by atoms with Crippen molar-refractivity contribution in [3.63, 3.8) is 0 Å². The Morgan fingerprint density at radius 1 is 0.679 bits per heavy atom. The molecule has 0 saturated heterocycles. The van der Waals surface area contributed by atoms with E-state index in [2.05, 4.69) is 10.6 Å². The van der Waals surface area contributed by atoms with E-state index >= 15 is 0 Å². The van der Waals surface area contributed by atoms with Gasteiger partial charge in [0.25, 0.3) is 11.8 Å². The van der Waals surface area contributed by atoms with E-state index in [9.17, 15) is 18.4 Å². The van der Waals surface area contributed by atoms with E-state index in [0.717, 1.165) is 0 Å². The van der Waals surface area contributed by atoms with Gasteiger partial charge in [0.05, 0.1) is 11.1 Å². The zero-order valence-electron chi connectivity index (χ0n) is 15.3. The maximum atomic E-state index is 13.3. The van der Waals surface area contributed by atoms with Crippen molar-refractivity contribution >= 4 is 23.2 Å². The van der Waals surface area contributed by atoms with Gasteiger partial charge in [-0.1, -0.05) is 12.1 Å². The molecular formula is C22H18F2N2O2. The van der Waals surface area contributed by atoms with Crippen LogP contribution in [-0.4, -0.2) is 11.8 Å². The maximum Gasteiger partial charge on any atom is 0.256 e. The number of carbonyl (C=O) groups excluding carboxylic acids is 2. The second kappa shape index (κ2) is 8.00. The summed E-state index contributed by atoms with van der Waals surface area (Å²) in [5.74, 6) is -1.78. The predicted molar refractivity (Wildman–Crippen MR) is 105 cm³/mol. The molecule has 3 aromatic carbocycles. The molecule has 3 aromatic rings. The van der Waals surface area contributed by atoms with Crippen LogP contribution in [0.25, 0.3) is 0 Å². The summed E-state index contributed by atoms with van der Waals surface area (Å²) in [5, 5.41) is 5.39. The Bertz CT molecular complexity index is 980. The van der Waals surface area contributed by atoms with E-state index in [0.29, 0.717) is 22.5 Å². The van der Waals surface area contributed by atoms with Crippen LogP contribution in [0.3, 0.4) is 0 Å². The van der Waals surface area contributed by atoms with Crippen molar-refractivity contribution in [2.75, 3.05) is 10.6 Å². The van der Waals surface area contributed by atoms with Gasteiger partial charge in [-0.3, -0.25) is 9.59 Å². The minimum Gasteiger partial charge on any atom is -0.322 e. The van der Waals surface area contributed by atoms with Crippen molar-refractivity contribution in [3.8, 4) is 0 Å². The third kappa shape index (κ3) is 4.23. The Labute approximate surface area is 161 Å². The van der Waals surface area contributed by atoms with Crippen LogP contribution >= 0.6 is 0 Å². The molecule has 3 rings (SSSR count). The number of anilines is 2. The van der Waals surface area contributed by atoms with Crippen molar-refractivity contribution < 1.29 is 18.4 Å². The van der Waals surface area contributed by atoms with E-state index < -0.39 is 23.4 Å². The van der Waals surface area contributed by atoms with Crippen LogP contribution in [0.15, 0.2) is 60.7 Å². The smallest absolute Gasteiger partial charge is 0.256 e. The van der Waals surface area contributed by atoms with Crippen molar-refractivity contribution in [1.82, 2.24) is 0 Å². The number of benzene rings is 3. The number of hydrogen-bond donors (Lipinski definition) is 2. The minimum absolute atomic E-state index is 0.170. The highest BCUT2D eigenvalue weighted by Gasteiger charge is 2.18. The molecule has 0 aliphatic carbocycles. The molecule has 0 bridgehead atoms. The van der Waals surface area contributed by atoms with E-state index in [1.54, 1.807) is 26.0 Å². The number of nitrogens with one attached hydrogen (secondary N) is 2. The van der Waals surface area contributed by atoms with Crippen LogP contribution in [0.1, 0.15) is 31.8 Å². The third-order valence-corrected chi connectivity index (χ3v) is 4.29. The van der Waals surface area contributed by atoms with Crippen molar-refractivity contribution in [3.05, 3.63) is 94.6 Å². The second-order valence-electron chi connectivity index (χ2n) is 6.37. The molecule has 6 heteroatoms. The van der Waals surface area contributed by atoms with Crippen LogP contribution in [0.4, 0.5) is 20.2 Å². The number of halogens is 2. The van der Waals surface area contributed by atoms with Crippen LogP contribution in [0.2, 0.25) is 0 Å². The van der Waals surface area contributed by atoms with Gasteiger partial charge in [0.1, 0.15) is 11.6 Å². The molecule has 142 valence electrons. The van der Waals surface area contributed by atoms with Gasteiger partial charge in [-0.15, -0.1) is 0 Å². The Hall–Kier alpha value is -3.54. The Balaban J connectivity index is 1.85. The summed E-state index contributed by atoms with van der Waals surface area (Å²) < 4.78 is 26.5. The van der Waals surface area contributed by atoms with Gasteiger partial charge in [-0.25, -0.2) is 8.78 Å². The van der Waals surface area contributed by atoms with Gasteiger partial charge >= 0.3 is 0 Å². The lowest BCUT2D eigenvalue weighted by atomic mass is 10.0. The van der Waals surface area contributed by atoms with Crippen LogP contribution in [0, 0.1) is 25.5 Å². The lowest BCUT2D eigenvalue weighted by molar-refractivity contribution is 0.0990. The highest BCUT2D eigenvalue weighted by Crippen LogP contribution is 2.20. The first-order valence-electron chi connectivity index (χ1n) is 8.59. The molecule has 0 fully saturated rings. The van der Waals surface area contributed by atoms with Gasteiger partial charge in [0.2, 0.25) is 0 Å². The molecule has 4 nitrogen and oxygen atoms in total. The average molecular weight is 380 g/mol. The van der Waals surface area contributed by atoms with Gasteiger partial charge in [0.15, 0.2) is 0 Å². The maximum absolute atomic E-state index is 13.3. The SMILES string of the molecule is Cc1cc(F)ccc1NC(=O)c1ccccc1C(=O)Nc1ccc(F)cc1C. The molecular weight excluding hydrogens is 362 g/mol. The summed E-state index contributed by atoms with van der Waals surface area (Å²) in [4.78, 5) is 25.4. The predicted octanol–water partition coefficient (Wildman–Crippen LogP) is 5.09. The molecule has 2 amide bonds.